The Morgan fingerprint density at radius 3 is 2.82 bits per heavy atom. The number of aliphatic carboxylic acids is 1. The molecular weight excluding hydrogens is 224 g/mol. The number of fused-ring (bicyclic) bond motifs is 1. The fourth-order valence-electron chi connectivity index (χ4n) is 1.83. The van der Waals surface area contributed by atoms with Crippen LogP contribution < -0.4 is 4.74 Å². The van der Waals surface area contributed by atoms with Crippen molar-refractivity contribution < 1.29 is 24.9 Å². The number of benzene rings is 1. The van der Waals surface area contributed by atoms with Crippen molar-refractivity contribution in [2.75, 3.05) is 0 Å². The second-order valence-corrected chi connectivity index (χ2v) is 4.27. The summed E-state index contributed by atoms with van der Waals surface area (Å²) in [6, 6.07) is 4.94. The second-order valence-electron chi connectivity index (χ2n) is 4.27. The fourth-order valence-corrected chi connectivity index (χ4v) is 1.83. The lowest BCUT2D eigenvalue weighted by Crippen LogP contribution is -2.38. The average molecular weight is 238 g/mol. The molecule has 0 saturated carbocycles. The summed E-state index contributed by atoms with van der Waals surface area (Å²) in [5.74, 6) is -3.20. The fraction of sp³-hybridized carbons (Fsp3) is 0.417. The molecule has 1 aromatic rings. The van der Waals surface area contributed by atoms with Crippen LogP contribution in [-0.4, -0.2) is 27.3 Å². The molecule has 5 nitrogen and oxygen atoms in total. The number of hydrogen-bond donors (Lipinski definition) is 3. The van der Waals surface area contributed by atoms with Crippen molar-refractivity contribution in [1.82, 2.24) is 0 Å². The van der Waals surface area contributed by atoms with Crippen LogP contribution in [0.3, 0.4) is 0 Å². The molecule has 1 atom stereocenters. The number of aryl methyl sites for hydroxylation is 1. The molecule has 0 radical (unpaired) electrons. The molecule has 1 aliphatic heterocycles. The minimum atomic E-state index is -2.12. The van der Waals surface area contributed by atoms with Crippen LogP contribution in [0.1, 0.15) is 30.4 Å². The first-order valence-corrected chi connectivity index (χ1v) is 5.38. The van der Waals surface area contributed by atoms with E-state index in [2.05, 4.69) is 0 Å². The van der Waals surface area contributed by atoms with E-state index >= 15 is 0 Å². The summed E-state index contributed by atoms with van der Waals surface area (Å²) >= 11 is 0. The number of hydrogen-bond acceptors (Lipinski definition) is 4. The van der Waals surface area contributed by atoms with E-state index < -0.39 is 17.9 Å². The molecule has 0 aliphatic carbocycles. The molecule has 0 aromatic heterocycles. The Balaban J connectivity index is 2.30. The summed E-state index contributed by atoms with van der Waals surface area (Å²) in [5.41, 5.74) is 1.48. The molecule has 92 valence electrons. The lowest BCUT2D eigenvalue weighted by molar-refractivity contribution is -0.299. The van der Waals surface area contributed by atoms with Gasteiger partial charge in [-0.1, -0.05) is 12.1 Å². The van der Waals surface area contributed by atoms with Crippen LogP contribution in [0.5, 0.6) is 5.75 Å². The van der Waals surface area contributed by atoms with E-state index in [1.54, 1.807) is 25.1 Å². The highest BCUT2D eigenvalue weighted by molar-refractivity contribution is 5.75. The number of carboxylic acid groups (broad SMARTS) is 1. The number of aliphatic hydroxyl groups is 2. The molecule has 3 N–H and O–H groups in total. The van der Waals surface area contributed by atoms with Crippen LogP contribution in [-0.2, 0) is 11.2 Å². The summed E-state index contributed by atoms with van der Waals surface area (Å²) in [4.78, 5) is 10.9. The first kappa shape index (κ1) is 11.9. The maximum absolute atomic E-state index is 10.9. The summed E-state index contributed by atoms with van der Waals surface area (Å²) in [6.45, 7) is 1.61. The molecule has 1 aliphatic rings. The third-order valence-electron chi connectivity index (χ3n) is 2.95. The number of ether oxygens (including phenoxy) is 1. The highest BCUT2D eigenvalue weighted by Crippen LogP contribution is 2.32. The average Bonchev–Trinajstić information content (AvgIpc) is 2.26. The molecule has 0 amide bonds. The Hall–Kier alpha value is -1.59. The molecule has 0 spiro atoms. The zero-order chi connectivity index (χ0) is 12.6. The normalized spacial score (nSPS) is 19.0. The Kier molecular flexibility index (Phi) is 2.81. The lowest BCUT2D eigenvalue weighted by atomic mass is 9.95. The molecule has 1 unspecified atom stereocenters. The maximum Gasteiger partial charge on any atom is 0.322 e. The van der Waals surface area contributed by atoms with E-state index in [-0.39, 0.29) is 6.42 Å². The Morgan fingerprint density at radius 2 is 2.18 bits per heavy atom. The largest absolute Gasteiger partial charge is 0.481 e. The van der Waals surface area contributed by atoms with Crippen LogP contribution in [0.4, 0.5) is 0 Å². The number of rotatable bonds is 2. The van der Waals surface area contributed by atoms with E-state index in [1.807, 2.05) is 0 Å². The summed E-state index contributed by atoms with van der Waals surface area (Å²) in [7, 11) is 0. The van der Waals surface area contributed by atoms with Crippen molar-refractivity contribution in [3.05, 3.63) is 29.3 Å². The zero-order valence-electron chi connectivity index (χ0n) is 9.38. The monoisotopic (exact) mass is 238 g/mol. The molecular formula is C12H14O5. The predicted molar refractivity (Wildman–Crippen MR) is 58.6 cm³/mol. The van der Waals surface area contributed by atoms with Crippen LogP contribution in [0.15, 0.2) is 18.2 Å². The second kappa shape index (κ2) is 4.01. The smallest absolute Gasteiger partial charge is 0.322 e. The van der Waals surface area contributed by atoms with Gasteiger partial charge in [-0.3, -0.25) is 4.79 Å². The molecule has 1 aromatic carbocycles. The van der Waals surface area contributed by atoms with Gasteiger partial charge in [0.15, 0.2) is 0 Å². The minimum Gasteiger partial charge on any atom is -0.481 e. The maximum atomic E-state index is 10.9. The van der Waals surface area contributed by atoms with Crippen molar-refractivity contribution in [2.45, 2.75) is 31.7 Å². The van der Waals surface area contributed by atoms with Gasteiger partial charge in [-0.05, 0) is 30.5 Å². The first-order valence-electron chi connectivity index (χ1n) is 5.38. The van der Waals surface area contributed by atoms with Gasteiger partial charge in [0.2, 0.25) is 0 Å². The van der Waals surface area contributed by atoms with Crippen LogP contribution in [0.25, 0.3) is 0 Å². The van der Waals surface area contributed by atoms with Crippen LogP contribution >= 0.6 is 0 Å². The van der Waals surface area contributed by atoms with Crippen molar-refractivity contribution in [2.24, 2.45) is 0 Å². The third-order valence-corrected chi connectivity index (χ3v) is 2.95. The highest BCUT2D eigenvalue weighted by Gasteiger charge is 2.31. The molecule has 17 heavy (non-hydrogen) atoms. The quantitative estimate of drug-likeness (QED) is 0.664. The van der Waals surface area contributed by atoms with Gasteiger partial charge in [-0.2, -0.15) is 0 Å². The summed E-state index contributed by atoms with van der Waals surface area (Å²) in [6.07, 6.45) is 0.521. The van der Waals surface area contributed by atoms with E-state index in [1.165, 1.54) is 0 Å². The minimum absolute atomic E-state index is 0.0743. The molecule has 2 rings (SSSR count). The standard InChI is InChI=1S/C12H14O5/c1-7(11(13)14)8-2-3-10-9(6-8)4-5-12(15,16)17-10/h2-3,6-7,15-16H,4-5H2,1H3,(H,13,14). The summed E-state index contributed by atoms with van der Waals surface area (Å²) < 4.78 is 4.98. The highest BCUT2D eigenvalue weighted by atomic mass is 16.8. The van der Waals surface area contributed by atoms with Crippen LogP contribution in [0, 0.1) is 0 Å². The molecule has 5 heteroatoms. The Morgan fingerprint density at radius 1 is 1.47 bits per heavy atom. The van der Waals surface area contributed by atoms with E-state index in [4.69, 9.17) is 9.84 Å². The predicted octanol–water partition coefficient (Wildman–Crippen LogP) is 0.838. The summed E-state index contributed by atoms with van der Waals surface area (Å²) in [5, 5.41) is 27.6. The Bertz CT molecular complexity index is 452. The van der Waals surface area contributed by atoms with Gasteiger partial charge in [0.1, 0.15) is 5.75 Å². The van der Waals surface area contributed by atoms with Gasteiger partial charge in [0, 0.05) is 6.42 Å². The van der Waals surface area contributed by atoms with E-state index in [0.717, 1.165) is 5.56 Å². The number of carboxylic acids is 1. The van der Waals surface area contributed by atoms with E-state index in [0.29, 0.717) is 17.7 Å². The third kappa shape index (κ3) is 2.40. The van der Waals surface area contributed by atoms with Crippen molar-refractivity contribution in [3.8, 4) is 5.75 Å². The molecule has 0 saturated heterocycles. The molecule has 1 heterocycles. The van der Waals surface area contributed by atoms with Gasteiger partial charge in [-0.15, -0.1) is 0 Å². The SMILES string of the molecule is CC(C(=O)O)c1ccc2c(c1)CCC(O)(O)O2. The van der Waals surface area contributed by atoms with Crippen molar-refractivity contribution in [1.29, 1.82) is 0 Å². The van der Waals surface area contributed by atoms with Gasteiger partial charge in [0.05, 0.1) is 5.92 Å². The van der Waals surface area contributed by atoms with Crippen molar-refractivity contribution in [3.63, 3.8) is 0 Å². The molecule has 0 bridgehead atoms. The van der Waals surface area contributed by atoms with Gasteiger partial charge >= 0.3 is 11.9 Å². The zero-order valence-corrected chi connectivity index (χ0v) is 9.38. The number of carbonyl (C=O) groups is 1. The Labute approximate surface area is 98.3 Å². The lowest BCUT2D eigenvalue weighted by Gasteiger charge is -2.29. The van der Waals surface area contributed by atoms with E-state index in [9.17, 15) is 15.0 Å². The molecule has 0 fully saturated rings. The van der Waals surface area contributed by atoms with Crippen molar-refractivity contribution >= 4 is 5.97 Å². The van der Waals surface area contributed by atoms with Gasteiger partial charge in [-0.25, -0.2) is 0 Å². The van der Waals surface area contributed by atoms with Crippen LogP contribution in [0.2, 0.25) is 0 Å². The first-order chi connectivity index (χ1) is 7.89. The van der Waals surface area contributed by atoms with Gasteiger partial charge < -0.3 is 20.1 Å². The van der Waals surface area contributed by atoms with Gasteiger partial charge in [0.25, 0.3) is 0 Å². The topological polar surface area (TPSA) is 87.0 Å².